The van der Waals surface area contributed by atoms with E-state index < -0.39 is 0 Å². The van der Waals surface area contributed by atoms with E-state index in [1.807, 2.05) is 23.9 Å². The van der Waals surface area contributed by atoms with Gasteiger partial charge in [0.15, 0.2) is 0 Å². The first-order valence-corrected chi connectivity index (χ1v) is 8.20. The van der Waals surface area contributed by atoms with Gasteiger partial charge in [0.2, 0.25) is 0 Å². The molecule has 1 aromatic rings. The van der Waals surface area contributed by atoms with Crippen LogP contribution in [0.25, 0.3) is 0 Å². The minimum Gasteiger partial charge on any atom is -0.497 e. The molecule has 1 N–H and O–H groups in total. The van der Waals surface area contributed by atoms with E-state index in [4.69, 9.17) is 9.47 Å². The Morgan fingerprint density at radius 2 is 2.16 bits per heavy atom. The van der Waals surface area contributed by atoms with Crippen molar-refractivity contribution in [2.45, 2.75) is 26.3 Å². The van der Waals surface area contributed by atoms with Gasteiger partial charge < -0.3 is 14.8 Å². The highest BCUT2D eigenvalue weighted by Crippen LogP contribution is 2.25. The maximum absolute atomic E-state index is 5.88. The number of rotatable bonds is 10. The topological polar surface area (TPSA) is 30.5 Å². The summed E-state index contributed by atoms with van der Waals surface area (Å²) in [6.45, 7) is 4.79. The Morgan fingerprint density at radius 3 is 2.84 bits per heavy atom. The number of nitrogens with one attached hydrogen (secondary N) is 1. The first-order chi connectivity index (χ1) is 9.31. The van der Waals surface area contributed by atoms with Crippen molar-refractivity contribution in [1.29, 1.82) is 0 Å². The minimum atomic E-state index is 0.759. The second-order valence-corrected chi connectivity index (χ2v) is 5.33. The van der Waals surface area contributed by atoms with Crippen LogP contribution in [0.15, 0.2) is 18.2 Å². The molecular weight excluding hydrogens is 258 g/mol. The van der Waals surface area contributed by atoms with Crippen molar-refractivity contribution >= 4 is 11.8 Å². The molecule has 108 valence electrons. The zero-order chi connectivity index (χ0) is 13.9. The Labute approximate surface area is 121 Å². The minimum absolute atomic E-state index is 0.759. The van der Waals surface area contributed by atoms with Gasteiger partial charge >= 0.3 is 0 Å². The van der Waals surface area contributed by atoms with Gasteiger partial charge in [0, 0.05) is 18.2 Å². The Morgan fingerprint density at radius 1 is 1.32 bits per heavy atom. The third-order valence-corrected chi connectivity index (χ3v) is 3.46. The van der Waals surface area contributed by atoms with E-state index in [9.17, 15) is 0 Å². The van der Waals surface area contributed by atoms with Crippen molar-refractivity contribution in [2.24, 2.45) is 0 Å². The average molecular weight is 283 g/mol. The van der Waals surface area contributed by atoms with Crippen molar-refractivity contribution in [3.63, 3.8) is 0 Å². The van der Waals surface area contributed by atoms with E-state index in [0.29, 0.717) is 0 Å². The summed E-state index contributed by atoms with van der Waals surface area (Å²) in [4.78, 5) is 0. The molecule has 0 bridgehead atoms. The highest BCUT2D eigenvalue weighted by Gasteiger charge is 2.05. The summed E-state index contributed by atoms with van der Waals surface area (Å²) in [5.74, 6) is 2.91. The summed E-state index contributed by atoms with van der Waals surface area (Å²) in [5.41, 5.74) is 1.19. The lowest BCUT2D eigenvalue weighted by Crippen LogP contribution is -2.15. The lowest BCUT2D eigenvalue weighted by Gasteiger charge is -2.13. The number of hydrogen-bond acceptors (Lipinski definition) is 4. The number of thioether (sulfide) groups is 1. The second kappa shape index (κ2) is 9.98. The van der Waals surface area contributed by atoms with E-state index in [2.05, 4.69) is 24.6 Å². The van der Waals surface area contributed by atoms with Crippen molar-refractivity contribution in [2.75, 3.05) is 32.3 Å². The lowest BCUT2D eigenvalue weighted by atomic mass is 10.2. The van der Waals surface area contributed by atoms with Crippen LogP contribution in [0.5, 0.6) is 11.5 Å². The largest absolute Gasteiger partial charge is 0.497 e. The average Bonchev–Trinajstić information content (AvgIpc) is 2.45. The van der Waals surface area contributed by atoms with Crippen LogP contribution in [0.2, 0.25) is 0 Å². The van der Waals surface area contributed by atoms with E-state index in [1.54, 1.807) is 7.11 Å². The quantitative estimate of drug-likeness (QED) is 0.667. The molecule has 1 rings (SSSR count). The van der Waals surface area contributed by atoms with Crippen LogP contribution in [0.3, 0.4) is 0 Å². The van der Waals surface area contributed by atoms with E-state index in [-0.39, 0.29) is 0 Å². The molecule has 19 heavy (non-hydrogen) atoms. The molecule has 0 saturated carbocycles. The summed E-state index contributed by atoms with van der Waals surface area (Å²) in [7, 11) is 1.68. The summed E-state index contributed by atoms with van der Waals surface area (Å²) in [6.07, 6.45) is 4.33. The van der Waals surface area contributed by atoms with Crippen LogP contribution < -0.4 is 14.8 Å². The fourth-order valence-corrected chi connectivity index (χ4v) is 2.13. The molecule has 4 heteroatoms. The maximum atomic E-state index is 5.88. The van der Waals surface area contributed by atoms with Crippen molar-refractivity contribution in [3.05, 3.63) is 23.8 Å². The fourth-order valence-electron chi connectivity index (χ4n) is 1.73. The first kappa shape index (κ1) is 16.2. The van der Waals surface area contributed by atoms with Gasteiger partial charge in [0.05, 0.1) is 13.7 Å². The van der Waals surface area contributed by atoms with Gasteiger partial charge in [-0.2, -0.15) is 11.8 Å². The first-order valence-electron chi connectivity index (χ1n) is 6.81. The molecule has 0 aliphatic carbocycles. The number of methoxy groups -OCH3 is 1. The molecule has 0 heterocycles. The van der Waals surface area contributed by atoms with E-state index in [1.165, 1.54) is 5.56 Å². The summed E-state index contributed by atoms with van der Waals surface area (Å²) in [6, 6.07) is 6.03. The molecule has 3 nitrogen and oxygen atoms in total. The normalized spacial score (nSPS) is 10.5. The molecule has 0 aromatic heterocycles. The lowest BCUT2D eigenvalue weighted by molar-refractivity contribution is 0.311. The van der Waals surface area contributed by atoms with E-state index in [0.717, 1.165) is 49.8 Å². The Balaban J connectivity index is 2.60. The zero-order valence-corrected chi connectivity index (χ0v) is 13.0. The summed E-state index contributed by atoms with van der Waals surface area (Å²) >= 11 is 1.85. The molecule has 0 unspecified atom stereocenters. The maximum Gasteiger partial charge on any atom is 0.127 e. The third kappa shape index (κ3) is 6.21. The van der Waals surface area contributed by atoms with Crippen LogP contribution in [0, 0.1) is 0 Å². The highest BCUT2D eigenvalue weighted by atomic mass is 32.2. The van der Waals surface area contributed by atoms with Gasteiger partial charge in [-0.05, 0) is 37.5 Å². The smallest absolute Gasteiger partial charge is 0.127 e. The number of ether oxygens (including phenoxy) is 2. The Kier molecular flexibility index (Phi) is 8.50. The monoisotopic (exact) mass is 283 g/mol. The van der Waals surface area contributed by atoms with Crippen LogP contribution >= 0.6 is 11.8 Å². The molecule has 1 aromatic carbocycles. The molecule has 0 spiro atoms. The van der Waals surface area contributed by atoms with Gasteiger partial charge in [-0.3, -0.25) is 0 Å². The predicted octanol–water partition coefficient (Wildman–Crippen LogP) is 3.33. The van der Waals surface area contributed by atoms with Crippen LogP contribution in [0.4, 0.5) is 0 Å². The van der Waals surface area contributed by atoms with Gasteiger partial charge in [-0.15, -0.1) is 0 Å². The molecule has 0 radical (unpaired) electrons. The van der Waals surface area contributed by atoms with Gasteiger partial charge in [0.1, 0.15) is 11.5 Å². The molecule has 0 fully saturated rings. The van der Waals surface area contributed by atoms with Crippen LogP contribution in [-0.4, -0.2) is 32.3 Å². The third-order valence-electron chi connectivity index (χ3n) is 2.77. The number of benzene rings is 1. The van der Waals surface area contributed by atoms with Gasteiger partial charge in [-0.25, -0.2) is 0 Å². The molecular formula is C15H25NO2S. The van der Waals surface area contributed by atoms with Gasteiger partial charge in [0.25, 0.3) is 0 Å². The number of hydrogen-bond donors (Lipinski definition) is 1. The summed E-state index contributed by atoms with van der Waals surface area (Å²) in [5, 5.41) is 3.41. The molecule has 0 aliphatic heterocycles. The second-order valence-electron chi connectivity index (χ2n) is 4.35. The molecule has 0 atom stereocenters. The zero-order valence-electron chi connectivity index (χ0n) is 12.2. The highest BCUT2D eigenvalue weighted by molar-refractivity contribution is 7.98. The van der Waals surface area contributed by atoms with Crippen molar-refractivity contribution < 1.29 is 9.47 Å². The van der Waals surface area contributed by atoms with E-state index >= 15 is 0 Å². The predicted molar refractivity (Wildman–Crippen MR) is 83.5 cm³/mol. The van der Waals surface area contributed by atoms with Crippen LogP contribution in [-0.2, 0) is 6.54 Å². The molecule has 0 aliphatic rings. The Hall–Kier alpha value is -0.870. The SMILES string of the molecule is CCCNCc1ccc(OC)cc1OCCCSC. The standard InChI is InChI=1S/C15H25NO2S/c1-4-8-16-12-13-6-7-14(17-2)11-15(13)18-9-5-10-19-3/h6-7,11,16H,4-5,8-10,12H2,1-3H3. The molecule has 0 saturated heterocycles. The van der Waals surface area contributed by atoms with Gasteiger partial charge in [-0.1, -0.05) is 13.0 Å². The Bertz CT molecular complexity index is 358. The van der Waals surface area contributed by atoms with Crippen molar-refractivity contribution in [3.8, 4) is 11.5 Å². The van der Waals surface area contributed by atoms with Crippen LogP contribution in [0.1, 0.15) is 25.3 Å². The molecule has 0 amide bonds. The summed E-state index contributed by atoms with van der Waals surface area (Å²) < 4.78 is 11.1. The fraction of sp³-hybridized carbons (Fsp3) is 0.600. The van der Waals surface area contributed by atoms with Crippen molar-refractivity contribution in [1.82, 2.24) is 5.32 Å².